The van der Waals surface area contributed by atoms with Gasteiger partial charge in [-0.15, -0.1) is 0 Å². The van der Waals surface area contributed by atoms with Crippen molar-refractivity contribution in [3.05, 3.63) is 24.5 Å². The van der Waals surface area contributed by atoms with Crippen molar-refractivity contribution in [2.24, 2.45) is 5.92 Å². The van der Waals surface area contributed by atoms with Crippen molar-refractivity contribution >= 4 is 5.69 Å². The molecule has 2 nitrogen and oxygen atoms in total. The lowest BCUT2D eigenvalue weighted by atomic mass is 9.85. The molecule has 0 atom stereocenters. The summed E-state index contributed by atoms with van der Waals surface area (Å²) in [7, 11) is 0. The summed E-state index contributed by atoms with van der Waals surface area (Å²) in [4.78, 5) is 0. The average molecular weight is 163 g/mol. The number of anilines is 1. The topological polar surface area (TPSA) is 29.9 Å². The van der Waals surface area contributed by atoms with Crippen molar-refractivity contribution in [2.45, 2.75) is 25.8 Å². The van der Waals surface area contributed by atoms with Crippen LogP contribution in [0.4, 0.5) is 5.69 Å². The molecule has 0 aromatic carbocycles. The quantitative estimate of drug-likeness (QED) is 0.655. The standard InChI is InChI=1S/C10H14N2/c11-10-4-6-12(7-5-10)8-9-2-1-3-9/h4-7,9,11H,1-3,8H2/p+1. The van der Waals surface area contributed by atoms with Crippen molar-refractivity contribution in [2.75, 3.05) is 5.73 Å². The smallest absolute Gasteiger partial charge is 0.170 e. The van der Waals surface area contributed by atoms with E-state index in [0.717, 1.165) is 11.6 Å². The molecule has 0 radical (unpaired) electrons. The molecule has 1 aliphatic carbocycles. The van der Waals surface area contributed by atoms with Crippen LogP contribution in [0.15, 0.2) is 24.5 Å². The van der Waals surface area contributed by atoms with Crippen molar-refractivity contribution in [1.29, 1.82) is 0 Å². The van der Waals surface area contributed by atoms with E-state index in [1.54, 1.807) is 0 Å². The molecule has 0 saturated heterocycles. The summed E-state index contributed by atoms with van der Waals surface area (Å²) in [6, 6.07) is 3.91. The summed E-state index contributed by atoms with van der Waals surface area (Å²) >= 11 is 0. The van der Waals surface area contributed by atoms with E-state index >= 15 is 0 Å². The minimum atomic E-state index is 0.847. The maximum Gasteiger partial charge on any atom is 0.170 e. The predicted molar refractivity (Wildman–Crippen MR) is 48.4 cm³/mol. The summed E-state index contributed by atoms with van der Waals surface area (Å²) in [5.74, 6) is 0.915. The molecule has 12 heavy (non-hydrogen) atoms. The summed E-state index contributed by atoms with van der Waals surface area (Å²) in [6.45, 7) is 1.17. The van der Waals surface area contributed by atoms with Gasteiger partial charge in [0.2, 0.25) is 0 Å². The van der Waals surface area contributed by atoms with Crippen LogP contribution < -0.4 is 10.3 Å². The fourth-order valence-electron chi connectivity index (χ4n) is 1.56. The third-order valence-electron chi connectivity index (χ3n) is 2.61. The summed E-state index contributed by atoms with van der Waals surface area (Å²) in [5.41, 5.74) is 6.44. The van der Waals surface area contributed by atoms with Gasteiger partial charge in [-0.05, 0) is 12.8 Å². The van der Waals surface area contributed by atoms with Crippen molar-refractivity contribution in [3.8, 4) is 0 Å². The van der Waals surface area contributed by atoms with Crippen LogP contribution in [-0.2, 0) is 6.54 Å². The number of rotatable bonds is 2. The molecule has 0 unspecified atom stereocenters. The van der Waals surface area contributed by atoms with Gasteiger partial charge in [-0.25, -0.2) is 4.57 Å². The molecule has 0 bridgehead atoms. The van der Waals surface area contributed by atoms with Gasteiger partial charge in [0.15, 0.2) is 18.9 Å². The van der Waals surface area contributed by atoms with E-state index in [0.29, 0.717) is 0 Å². The molecule has 2 N–H and O–H groups in total. The first-order valence-electron chi connectivity index (χ1n) is 4.59. The van der Waals surface area contributed by atoms with Gasteiger partial charge in [0.1, 0.15) is 0 Å². The third kappa shape index (κ3) is 1.58. The zero-order valence-corrected chi connectivity index (χ0v) is 7.24. The van der Waals surface area contributed by atoms with Crippen molar-refractivity contribution < 1.29 is 4.57 Å². The number of nitrogens with two attached hydrogens (primary N) is 1. The average Bonchev–Trinajstić information content (AvgIpc) is 2.00. The molecule has 2 rings (SSSR count). The second-order valence-electron chi connectivity index (χ2n) is 3.63. The lowest BCUT2D eigenvalue weighted by Crippen LogP contribution is -2.38. The van der Waals surface area contributed by atoms with E-state index in [1.807, 2.05) is 12.1 Å². The predicted octanol–water partition coefficient (Wildman–Crippen LogP) is 1.36. The maximum atomic E-state index is 5.59. The summed E-state index contributed by atoms with van der Waals surface area (Å²) in [6.07, 6.45) is 8.34. The van der Waals surface area contributed by atoms with Crippen LogP contribution in [0.1, 0.15) is 19.3 Å². The molecule has 1 aromatic heterocycles. The van der Waals surface area contributed by atoms with E-state index in [9.17, 15) is 0 Å². The van der Waals surface area contributed by atoms with Gasteiger partial charge < -0.3 is 5.73 Å². The Labute approximate surface area is 73.0 Å². The molecular formula is C10H15N2+. The molecular weight excluding hydrogens is 148 g/mol. The Morgan fingerprint density at radius 2 is 2.00 bits per heavy atom. The number of nitrogens with zero attached hydrogens (tertiary/aromatic N) is 1. The van der Waals surface area contributed by atoms with Gasteiger partial charge in [0.25, 0.3) is 0 Å². The van der Waals surface area contributed by atoms with Crippen molar-refractivity contribution in [1.82, 2.24) is 0 Å². The first-order valence-corrected chi connectivity index (χ1v) is 4.59. The minimum Gasteiger partial charge on any atom is -0.398 e. The fourth-order valence-corrected chi connectivity index (χ4v) is 1.56. The summed E-state index contributed by atoms with van der Waals surface area (Å²) in [5, 5.41) is 0. The van der Waals surface area contributed by atoms with Crippen LogP contribution in [-0.4, -0.2) is 0 Å². The zero-order chi connectivity index (χ0) is 8.39. The highest BCUT2D eigenvalue weighted by molar-refractivity contribution is 5.32. The van der Waals surface area contributed by atoms with E-state index in [4.69, 9.17) is 5.73 Å². The molecule has 1 aromatic rings. The van der Waals surface area contributed by atoms with E-state index in [2.05, 4.69) is 17.0 Å². The number of aromatic nitrogens is 1. The third-order valence-corrected chi connectivity index (χ3v) is 2.61. The van der Waals surface area contributed by atoms with E-state index in [1.165, 1.54) is 25.8 Å². The Morgan fingerprint density at radius 3 is 2.50 bits per heavy atom. The Balaban J connectivity index is 1.98. The van der Waals surface area contributed by atoms with Gasteiger partial charge in [-0.1, -0.05) is 6.42 Å². The first kappa shape index (κ1) is 7.59. The van der Waals surface area contributed by atoms with Gasteiger partial charge in [0, 0.05) is 23.7 Å². The van der Waals surface area contributed by atoms with Gasteiger partial charge in [0.05, 0.1) is 0 Å². The largest absolute Gasteiger partial charge is 0.398 e. The molecule has 2 heteroatoms. The molecule has 0 amide bonds. The van der Waals surface area contributed by atoms with Gasteiger partial charge >= 0.3 is 0 Å². The normalized spacial score (nSPS) is 17.3. The Bertz CT molecular complexity index is 249. The van der Waals surface area contributed by atoms with Crippen LogP contribution >= 0.6 is 0 Å². The highest BCUT2D eigenvalue weighted by atomic mass is 14.9. The number of hydrogen-bond donors (Lipinski definition) is 1. The van der Waals surface area contributed by atoms with E-state index < -0.39 is 0 Å². The van der Waals surface area contributed by atoms with Gasteiger partial charge in [-0.2, -0.15) is 0 Å². The highest BCUT2D eigenvalue weighted by Crippen LogP contribution is 2.25. The highest BCUT2D eigenvalue weighted by Gasteiger charge is 2.21. The summed E-state index contributed by atoms with van der Waals surface area (Å²) < 4.78 is 2.22. The maximum absolute atomic E-state index is 5.59. The fraction of sp³-hybridized carbons (Fsp3) is 0.500. The molecule has 1 fully saturated rings. The molecule has 64 valence electrons. The van der Waals surface area contributed by atoms with Crippen LogP contribution in [0.3, 0.4) is 0 Å². The second kappa shape index (κ2) is 3.13. The Hall–Kier alpha value is -1.05. The van der Waals surface area contributed by atoms with E-state index in [-0.39, 0.29) is 0 Å². The monoisotopic (exact) mass is 163 g/mol. The molecule has 0 spiro atoms. The molecule has 1 aliphatic rings. The Morgan fingerprint density at radius 1 is 1.33 bits per heavy atom. The number of pyridine rings is 1. The second-order valence-corrected chi connectivity index (χ2v) is 3.63. The zero-order valence-electron chi connectivity index (χ0n) is 7.24. The van der Waals surface area contributed by atoms with Crippen molar-refractivity contribution in [3.63, 3.8) is 0 Å². The molecule has 1 heterocycles. The number of hydrogen-bond acceptors (Lipinski definition) is 1. The van der Waals surface area contributed by atoms with Crippen LogP contribution in [0, 0.1) is 5.92 Å². The van der Waals surface area contributed by atoms with Crippen LogP contribution in [0.25, 0.3) is 0 Å². The first-order chi connectivity index (χ1) is 5.84. The number of nitrogen functional groups attached to an aromatic ring is 1. The van der Waals surface area contributed by atoms with Crippen LogP contribution in [0.5, 0.6) is 0 Å². The Kier molecular flexibility index (Phi) is 1.98. The van der Waals surface area contributed by atoms with Crippen LogP contribution in [0.2, 0.25) is 0 Å². The molecule has 0 aliphatic heterocycles. The van der Waals surface area contributed by atoms with Gasteiger partial charge in [-0.3, -0.25) is 0 Å². The lowest BCUT2D eigenvalue weighted by Gasteiger charge is -2.21. The molecule has 1 saturated carbocycles. The SMILES string of the molecule is Nc1cc[n+](CC2CCC2)cc1. The lowest BCUT2D eigenvalue weighted by molar-refractivity contribution is -0.704. The minimum absolute atomic E-state index is 0.847.